The molecule has 0 saturated heterocycles. The highest BCUT2D eigenvalue weighted by atomic mass is 16.3. The maximum Gasteiger partial charge on any atom is 0.143 e. The van der Waals surface area contributed by atoms with Crippen molar-refractivity contribution in [2.24, 2.45) is 0 Å². The smallest absolute Gasteiger partial charge is 0.143 e. The van der Waals surface area contributed by atoms with Crippen molar-refractivity contribution in [1.82, 2.24) is 0 Å². The molecule has 0 saturated carbocycles. The Balaban J connectivity index is 1.12. The van der Waals surface area contributed by atoms with E-state index in [0.29, 0.717) is 0 Å². The van der Waals surface area contributed by atoms with Crippen LogP contribution in [-0.2, 0) is 0 Å². The van der Waals surface area contributed by atoms with Gasteiger partial charge in [0, 0.05) is 22.0 Å². The van der Waals surface area contributed by atoms with E-state index in [1.54, 1.807) is 0 Å². The van der Waals surface area contributed by atoms with Crippen molar-refractivity contribution in [3.63, 3.8) is 0 Å². The predicted molar refractivity (Wildman–Crippen MR) is 253 cm³/mol. The number of benzene rings is 10. The average molecular weight is 766 g/mol. The Kier molecular flexibility index (Phi) is 8.87. The number of hydrogen-bond donors (Lipinski definition) is 0. The fourth-order valence-corrected chi connectivity index (χ4v) is 8.75. The molecule has 1 aromatic heterocycles. The van der Waals surface area contributed by atoms with Crippen LogP contribution >= 0.6 is 0 Å². The van der Waals surface area contributed by atoms with Crippen molar-refractivity contribution < 1.29 is 4.42 Å². The summed E-state index contributed by atoms with van der Waals surface area (Å²) in [5.41, 5.74) is 16.7. The third-order valence-electron chi connectivity index (χ3n) is 11.7. The second kappa shape index (κ2) is 15.1. The van der Waals surface area contributed by atoms with E-state index in [1.807, 2.05) is 0 Å². The van der Waals surface area contributed by atoms with E-state index in [4.69, 9.17) is 4.42 Å². The van der Waals surface area contributed by atoms with Gasteiger partial charge >= 0.3 is 0 Å². The minimum absolute atomic E-state index is 0.847. The molecule has 11 aromatic rings. The molecule has 0 radical (unpaired) electrons. The van der Waals surface area contributed by atoms with Crippen molar-refractivity contribution in [2.45, 2.75) is 0 Å². The molecule has 0 fully saturated rings. The van der Waals surface area contributed by atoms with E-state index in [9.17, 15) is 0 Å². The van der Waals surface area contributed by atoms with Crippen LogP contribution in [0.5, 0.6) is 0 Å². The summed E-state index contributed by atoms with van der Waals surface area (Å²) < 4.78 is 6.92. The van der Waals surface area contributed by atoms with Crippen molar-refractivity contribution in [3.05, 3.63) is 237 Å². The van der Waals surface area contributed by atoms with E-state index in [0.717, 1.165) is 66.5 Å². The zero-order valence-corrected chi connectivity index (χ0v) is 32.9. The molecular weight excluding hydrogens is 727 g/mol. The summed E-state index contributed by atoms with van der Waals surface area (Å²) in [5, 5.41) is 4.41. The third-order valence-corrected chi connectivity index (χ3v) is 11.7. The van der Waals surface area contributed by atoms with Crippen molar-refractivity contribution in [1.29, 1.82) is 0 Å². The van der Waals surface area contributed by atoms with Crippen LogP contribution in [0.3, 0.4) is 0 Å². The van der Waals surface area contributed by atoms with Crippen LogP contribution in [-0.4, -0.2) is 0 Å². The highest BCUT2D eigenvalue weighted by Crippen LogP contribution is 2.48. The molecule has 0 spiro atoms. The van der Waals surface area contributed by atoms with Gasteiger partial charge in [-0.1, -0.05) is 200 Å². The van der Waals surface area contributed by atoms with Gasteiger partial charge in [0.25, 0.3) is 0 Å². The summed E-state index contributed by atoms with van der Waals surface area (Å²) in [6.07, 6.45) is 0. The standard InChI is InChI=1S/C58H39NO/c1-4-15-40(16-5-1)43-27-31-46(32-28-43)49-21-12-13-24-54(49)59(48-37-35-45(36-38-48)42-19-8-3-9-20-42)55-25-14-26-56-57(55)53-39-52(50-22-10-11-23-51(50)58(53)60-56)47-33-29-44(30-34-47)41-17-6-2-7-18-41/h1-39H. The van der Waals surface area contributed by atoms with Crippen LogP contribution in [0.2, 0.25) is 0 Å². The van der Waals surface area contributed by atoms with Gasteiger partial charge in [0.05, 0.1) is 16.8 Å². The van der Waals surface area contributed by atoms with Gasteiger partial charge in [-0.3, -0.25) is 0 Å². The Hall–Kier alpha value is -7.94. The summed E-state index contributed by atoms with van der Waals surface area (Å²) in [6.45, 7) is 0. The van der Waals surface area contributed by atoms with Gasteiger partial charge < -0.3 is 9.32 Å². The molecule has 0 aliphatic carbocycles. The highest BCUT2D eigenvalue weighted by molar-refractivity contribution is 6.22. The van der Waals surface area contributed by atoms with Crippen LogP contribution < -0.4 is 4.90 Å². The summed E-state index contributed by atoms with van der Waals surface area (Å²) in [4.78, 5) is 2.41. The Morgan fingerprint density at radius 2 is 0.717 bits per heavy atom. The molecular formula is C58H39NO. The molecule has 2 heteroatoms. The van der Waals surface area contributed by atoms with E-state index in [2.05, 4.69) is 241 Å². The topological polar surface area (TPSA) is 16.4 Å². The van der Waals surface area contributed by atoms with Crippen LogP contribution in [0, 0.1) is 0 Å². The van der Waals surface area contributed by atoms with Gasteiger partial charge in [-0.15, -0.1) is 0 Å². The Bertz CT molecular complexity index is 3260. The zero-order chi connectivity index (χ0) is 39.8. The summed E-state index contributed by atoms with van der Waals surface area (Å²) >= 11 is 0. The average Bonchev–Trinajstić information content (AvgIpc) is 3.72. The maximum atomic E-state index is 6.92. The zero-order valence-electron chi connectivity index (χ0n) is 32.9. The minimum Gasteiger partial charge on any atom is -0.455 e. The molecule has 1 heterocycles. The van der Waals surface area contributed by atoms with E-state index in [1.165, 1.54) is 38.9 Å². The van der Waals surface area contributed by atoms with Gasteiger partial charge in [-0.05, 0) is 91.9 Å². The largest absolute Gasteiger partial charge is 0.455 e. The highest BCUT2D eigenvalue weighted by Gasteiger charge is 2.24. The van der Waals surface area contributed by atoms with Crippen molar-refractivity contribution in [3.8, 4) is 55.6 Å². The first-order valence-electron chi connectivity index (χ1n) is 20.5. The van der Waals surface area contributed by atoms with Gasteiger partial charge in [0.15, 0.2) is 0 Å². The number of furan rings is 1. The lowest BCUT2D eigenvalue weighted by atomic mass is 9.93. The number of fused-ring (bicyclic) bond motifs is 5. The first-order chi connectivity index (χ1) is 29.8. The number of para-hydroxylation sites is 1. The second-order valence-corrected chi connectivity index (χ2v) is 15.3. The van der Waals surface area contributed by atoms with Crippen LogP contribution in [0.25, 0.3) is 88.3 Å². The molecule has 0 unspecified atom stereocenters. The fraction of sp³-hybridized carbons (Fsp3) is 0. The van der Waals surface area contributed by atoms with Crippen LogP contribution in [0.15, 0.2) is 241 Å². The molecule has 2 nitrogen and oxygen atoms in total. The first kappa shape index (κ1) is 35.2. The van der Waals surface area contributed by atoms with Crippen LogP contribution in [0.4, 0.5) is 17.1 Å². The summed E-state index contributed by atoms with van der Waals surface area (Å²) in [6, 6.07) is 84.7. The second-order valence-electron chi connectivity index (χ2n) is 15.3. The number of hydrogen-bond acceptors (Lipinski definition) is 2. The van der Waals surface area contributed by atoms with E-state index in [-0.39, 0.29) is 0 Å². The quantitative estimate of drug-likeness (QED) is 0.153. The van der Waals surface area contributed by atoms with Gasteiger partial charge in [-0.2, -0.15) is 0 Å². The first-order valence-corrected chi connectivity index (χ1v) is 20.5. The third kappa shape index (κ3) is 6.32. The predicted octanol–water partition coefficient (Wildman–Crippen LogP) is 16.5. The van der Waals surface area contributed by atoms with Gasteiger partial charge in [0.2, 0.25) is 0 Å². The summed E-state index contributed by atoms with van der Waals surface area (Å²) in [5.74, 6) is 0. The fourth-order valence-electron chi connectivity index (χ4n) is 8.75. The molecule has 0 aliphatic heterocycles. The number of anilines is 3. The normalized spacial score (nSPS) is 11.3. The molecule has 10 aromatic carbocycles. The molecule has 0 atom stereocenters. The molecule has 0 bridgehead atoms. The van der Waals surface area contributed by atoms with Gasteiger partial charge in [0.1, 0.15) is 11.2 Å². The molecule has 0 N–H and O–H groups in total. The Labute approximate surface area is 349 Å². The SMILES string of the molecule is c1ccc(-c2ccc(-c3ccccc3N(c3ccc(-c4ccccc4)cc3)c3cccc4oc5c6ccccc6c(-c6ccc(-c7ccccc7)cc6)cc5c34)cc2)cc1. The molecule has 11 rings (SSSR count). The van der Waals surface area contributed by atoms with Crippen molar-refractivity contribution >= 4 is 49.8 Å². The molecule has 282 valence electrons. The summed E-state index contributed by atoms with van der Waals surface area (Å²) in [7, 11) is 0. The van der Waals surface area contributed by atoms with Gasteiger partial charge in [-0.25, -0.2) is 0 Å². The molecule has 0 aliphatic rings. The number of rotatable bonds is 8. The van der Waals surface area contributed by atoms with E-state index < -0.39 is 0 Å². The minimum atomic E-state index is 0.847. The number of nitrogens with zero attached hydrogens (tertiary/aromatic N) is 1. The van der Waals surface area contributed by atoms with Crippen molar-refractivity contribution in [2.75, 3.05) is 4.90 Å². The maximum absolute atomic E-state index is 6.92. The van der Waals surface area contributed by atoms with Crippen LogP contribution in [0.1, 0.15) is 0 Å². The van der Waals surface area contributed by atoms with E-state index >= 15 is 0 Å². The lowest BCUT2D eigenvalue weighted by Gasteiger charge is -2.28. The lowest BCUT2D eigenvalue weighted by molar-refractivity contribution is 0.672. The molecule has 60 heavy (non-hydrogen) atoms. The Morgan fingerprint density at radius 3 is 1.30 bits per heavy atom. The monoisotopic (exact) mass is 765 g/mol. The Morgan fingerprint density at radius 1 is 0.283 bits per heavy atom. The molecule has 0 amide bonds. The lowest BCUT2D eigenvalue weighted by Crippen LogP contribution is -2.11.